The molecule has 9 nitrogen and oxygen atoms in total. The number of carbonyl (C=O) groups excluding carboxylic acids is 2. The quantitative estimate of drug-likeness (QED) is 0.849. The number of carbonyl (C=O) groups is 2. The summed E-state index contributed by atoms with van der Waals surface area (Å²) in [5.41, 5.74) is 0.265. The molecule has 2 aliphatic heterocycles. The van der Waals surface area contributed by atoms with E-state index in [0.29, 0.717) is 18.8 Å². The molecule has 2 aromatic rings. The third kappa shape index (κ3) is 2.71. The SMILES string of the molecule is Cn1ccc(C(=O)N2CC[C@@]3(CCn4ncnc4[C@H]3NC(=O)C3CCC3)C2)n1. The molecule has 0 aromatic carbocycles. The summed E-state index contributed by atoms with van der Waals surface area (Å²) in [7, 11) is 1.81. The Morgan fingerprint density at radius 1 is 1.25 bits per heavy atom. The summed E-state index contributed by atoms with van der Waals surface area (Å²) in [4.78, 5) is 32.0. The largest absolute Gasteiger partial charge is 0.345 e. The predicted molar refractivity (Wildman–Crippen MR) is 99.0 cm³/mol. The molecule has 2 aromatic heterocycles. The van der Waals surface area contributed by atoms with Gasteiger partial charge in [0.25, 0.3) is 5.91 Å². The molecule has 28 heavy (non-hydrogen) atoms. The number of amides is 2. The maximum Gasteiger partial charge on any atom is 0.274 e. The third-order valence-corrected chi connectivity index (χ3v) is 6.71. The highest BCUT2D eigenvalue weighted by atomic mass is 16.2. The highest BCUT2D eigenvalue weighted by Gasteiger charge is 2.51. The zero-order valence-electron chi connectivity index (χ0n) is 16.0. The molecule has 4 heterocycles. The number of hydrogen-bond donors (Lipinski definition) is 1. The molecule has 2 amide bonds. The summed E-state index contributed by atoms with van der Waals surface area (Å²) in [5.74, 6) is 0.990. The van der Waals surface area contributed by atoms with Crippen LogP contribution in [0.15, 0.2) is 18.6 Å². The van der Waals surface area contributed by atoms with Gasteiger partial charge in [-0.15, -0.1) is 0 Å². The molecule has 148 valence electrons. The lowest BCUT2D eigenvalue weighted by atomic mass is 9.73. The van der Waals surface area contributed by atoms with Crippen LogP contribution >= 0.6 is 0 Å². The summed E-state index contributed by atoms with van der Waals surface area (Å²) in [6.45, 7) is 2.03. The summed E-state index contributed by atoms with van der Waals surface area (Å²) in [6.07, 6.45) is 8.09. The van der Waals surface area contributed by atoms with E-state index in [-0.39, 0.29) is 29.2 Å². The first-order chi connectivity index (χ1) is 13.6. The Hall–Kier alpha value is -2.71. The molecular weight excluding hydrogens is 358 g/mol. The van der Waals surface area contributed by atoms with E-state index < -0.39 is 0 Å². The second kappa shape index (κ2) is 6.42. The lowest BCUT2D eigenvalue weighted by Gasteiger charge is -2.41. The van der Waals surface area contributed by atoms with Crippen LogP contribution in [0.4, 0.5) is 0 Å². The number of rotatable bonds is 3. The van der Waals surface area contributed by atoms with Crippen LogP contribution in [0.2, 0.25) is 0 Å². The average molecular weight is 383 g/mol. The standard InChI is InChI=1S/C19H25N7O2/c1-24-8-5-14(23-24)18(28)25-9-6-19(11-25)7-10-26-16(20-12-21-26)15(19)22-17(27)13-3-2-4-13/h5,8,12-13,15H,2-4,6-7,9-11H2,1H3,(H,22,27)/t15-,19-/m1/s1. The Kier molecular flexibility index (Phi) is 3.99. The van der Waals surface area contributed by atoms with Crippen molar-refractivity contribution in [3.8, 4) is 0 Å². The number of likely N-dealkylation sites (tertiary alicyclic amines) is 1. The zero-order valence-corrected chi connectivity index (χ0v) is 16.0. The fourth-order valence-electron chi connectivity index (χ4n) is 4.76. The molecule has 2 atom stereocenters. The number of nitrogens with zero attached hydrogens (tertiary/aromatic N) is 6. The van der Waals surface area contributed by atoms with E-state index in [1.165, 1.54) is 0 Å². The van der Waals surface area contributed by atoms with Gasteiger partial charge in [-0.1, -0.05) is 6.42 Å². The first-order valence-corrected chi connectivity index (χ1v) is 10.0. The van der Waals surface area contributed by atoms with E-state index in [1.807, 2.05) is 16.6 Å². The molecule has 0 bridgehead atoms. The normalized spacial score (nSPS) is 26.9. The Bertz CT molecular complexity index is 915. The fraction of sp³-hybridized carbons (Fsp3) is 0.632. The van der Waals surface area contributed by atoms with Gasteiger partial charge in [0, 0.05) is 44.2 Å². The van der Waals surface area contributed by atoms with Crippen LogP contribution in [0.5, 0.6) is 0 Å². The van der Waals surface area contributed by atoms with Gasteiger partial charge >= 0.3 is 0 Å². The Labute approximate surface area is 163 Å². The first kappa shape index (κ1) is 17.4. The van der Waals surface area contributed by atoms with E-state index in [0.717, 1.165) is 44.5 Å². The minimum Gasteiger partial charge on any atom is -0.345 e. The van der Waals surface area contributed by atoms with Gasteiger partial charge < -0.3 is 10.2 Å². The third-order valence-electron chi connectivity index (χ3n) is 6.71. The fourth-order valence-corrected chi connectivity index (χ4v) is 4.76. The van der Waals surface area contributed by atoms with Crippen LogP contribution in [-0.2, 0) is 18.4 Å². The molecule has 0 radical (unpaired) electrons. The lowest BCUT2D eigenvalue weighted by Crippen LogP contribution is -2.49. The Balaban J connectivity index is 1.40. The number of aromatic nitrogens is 5. The molecule has 9 heteroatoms. The zero-order chi connectivity index (χ0) is 19.3. The van der Waals surface area contributed by atoms with Crippen molar-refractivity contribution in [1.82, 2.24) is 34.8 Å². The van der Waals surface area contributed by atoms with Gasteiger partial charge in [-0.3, -0.25) is 14.3 Å². The average Bonchev–Trinajstić information content (AvgIpc) is 3.35. The molecule has 1 saturated heterocycles. The second-order valence-electron chi connectivity index (χ2n) is 8.37. The molecule has 1 spiro atoms. The van der Waals surface area contributed by atoms with Crippen molar-refractivity contribution >= 4 is 11.8 Å². The molecular formula is C19H25N7O2. The van der Waals surface area contributed by atoms with Gasteiger partial charge in [0.2, 0.25) is 5.91 Å². The number of aryl methyl sites for hydroxylation is 2. The van der Waals surface area contributed by atoms with Gasteiger partial charge in [-0.2, -0.15) is 10.2 Å². The van der Waals surface area contributed by atoms with Crippen molar-refractivity contribution in [3.63, 3.8) is 0 Å². The van der Waals surface area contributed by atoms with Crippen LogP contribution in [0.1, 0.15) is 54.5 Å². The van der Waals surface area contributed by atoms with Gasteiger partial charge in [0.05, 0.1) is 6.04 Å². The molecule has 1 aliphatic carbocycles. The minimum atomic E-state index is -0.210. The predicted octanol–water partition coefficient (Wildman–Crippen LogP) is 0.905. The Morgan fingerprint density at radius 3 is 2.79 bits per heavy atom. The lowest BCUT2D eigenvalue weighted by molar-refractivity contribution is -0.129. The molecule has 5 rings (SSSR count). The highest BCUT2D eigenvalue weighted by Crippen LogP contribution is 2.48. The minimum absolute atomic E-state index is 0.0476. The summed E-state index contributed by atoms with van der Waals surface area (Å²) >= 11 is 0. The van der Waals surface area contributed by atoms with Gasteiger partial charge in [-0.05, 0) is 31.7 Å². The Morgan fingerprint density at radius 2 is 2.07 bits per heavy atom. The summed E-state index contributed by atoms with van der Waals surface area (Å²) in [6, 6.07) is 1.54. The van der Waals surface area contributed by atoms with Crippen LogP contribution in [0.3, 0.4) is 0 Å². The first-order valence-electron chi connectivity index (χ1n) is 10.0. The van der Waals surface area contributed by atoms with Crippen molar-refractivity contribution in [3.05, 3.63) is 30.1 Å². The number of hydrogen-bond acceptors (Lipinski definition) is 5. The van der Waals surface area contributed by atoms with E-state index in [4.69, 9.17) is 0 Å². The van der Waals surface area contributed by atoms with Crippen molar-refractivity contribution < 1.29 is 9.59 Å². The topological polar surface area (TPSA) is 97.9 Å². The second-order valence-corrected chi connectivity index (χ2v) is 8.37. The molecule has 2 fully saturated rings. The number of nitrogens with one attached hydrogen (secondary N) is 1. The van der Waals surface area contributed by atoms with Crippen molar-refractivity contribution in [1.29, 1.82) is 0 Å². The molecule has 1 N–H and O–H groups in total. The smallest absolute Gasteiger partial charge is 0.274 e. The summed E-state index contributed by atoms with van der Waals surface area (Å²) < 4.78 is 3.53. The number of fused-ring (bicyclic) bond motifs is 1. The van der Waals surface area contributed by atoms with Gasteiger partial charge in [0.15, 0.2) is 0 Å². The van der Waals surface area contributed by atoms with Crippen molar-refractivity contribution in [2.24, 2.45) is 18.4 Å². The molecule has 3 aliphatic rings. The van der Waals surface area contributed by atoms with Crippen molar-refractivity contribution in [2.75, 3.05) is 13.1 Å². The van der Waals surface area contributed by atoms with E-state index in [1.54, 1.807) is 23.3 Å². The summed E-state index contributed by atoms with van der Waals surface area (Å²) in [5, 5.41) is 11.8. The molecule has 1 saturated carbocycles. The monoisotopic (exact) mass is 383 g/mol. The maximum atomic E-state index is 12.9. The van der Waals surface area contributed by atoms with Crippen LogP contribution < -0.4 is 5.32 Å². The van der Waals surface area contributed by atoms with Crippen LogP contribution in [-0.4, -0.2) is 54.3 Å². The van der Waals surface area contributed by atoms with Crippen LogP contribution in [0.25, 0.3) is 0 Å². The van der Waals surface area contributed by atoms with E-state index in [9.17, 15) is 9.59 Å². The van der Waals surface area contributed by atoms with E-state index in [2.05, 4.69) is 20.5 Å². The molecule has 0 unspecified atom stereocenters. The highest BCUT2D eigenvalue weighted by molar-refractivity contribution is 5.92. The van der Waals surface area contributed by atoms with Gasteiger partial charge in [0.1, 0.15) is 17.8 Å². The van der Waals surface area contributed by atoms with Crippen LogP contribution in [0, 0.1) is 11.3 Å². The maximum absolute atomic E-state index is 12.9. The van der Waals surface area contributed by atoms with Gasteiger partial charge in [-0.25, -0.2) is 9.67 Å². The van der Waals surface area contributed by atoms with Crippen molar-refractivity contribution in [2.45, 2.75) is 44.7 Å². The van der Waals surface area contributed by atoms with E-state index >= 15 is 0 Å².